The fraction of sp³-hybridized carbons (Fsp3) is 0.800. The minimum absolute atomic E-state index is 0.191. The van der Waals surface area contributed by atoms with Crippen molar-refractivity contribution in [3.05, 3.63) is 60.8 Å². The van der Waals surface area contributed by atoms with Crippen molar-refractivity contribution in [2.75, 3.05) is 39.5 Å². The number of ether oxygens (including phenoxy) is 1. The third-order valence-corrected chi connectivity index (χ3v) is 15.9. The molecule has 0 bridgehead atoms. The van der Waals surface area contributed by atoms with Crippen molar-refractivity contribution in [1.29, 1.82) is 0 Å². The molecule has 0 aliphatic carbocycles. The molecule has 0 aliphatic heterocycles. The predicted molar refractivity (Wildman–Crippen MR) is 259 cm³/mol. The molecule has 0 aromatic rings. The molecule has 0 aromatic carbocycles. The summed E-state index contributed by atoms with van der Waals surface area (Å²) in [7, 11) is -4.70. The predicted octanol–water partition coefficient (Wildman–Crippen LogP) is 15.1. The topological polar surface area (TPSA) is 60.4 Å². The van der Waals surface area contributed by atoms with Gasteiger partial charge in [0, 0.05) is 19.8 Å². The summed E-state index contributed by atoms with van der Waals surface area (Å²) in [6.45, 7) is 20.6. The third-order valence-electron chi connectivity index (χ3n) is 10.2. The largest absolute Gasteiger partial charge is 0.415 e. The average molecular weight is 848 g/mol. The lowest BCUT2D eigenvalue weighted by atomic mass is 10.1. The fourth-order valence-electron chi connectivity index (χ4n) is 7.01. The Hall–Kier alpha value is -1.11. The van der Waals surface area contributed by atoms with E-state index in [9.17, 15) is 5.11 Å². The maximum absolute atomic E-state index is 9.35. The lowest BCUT2D eigenvalue weighted by Crippen LogP contribution is -2.50. The Morgan fingerprint density at radius 1 is 0.483 bits per heavy atom. The van der Waals surface area contributed by atoms with E-state index in [0.717, 1.165) is 110 Å². The minimum atomic E-state index is -2.43. The summed E-state index contributed by atoms with van der Waals surface area (Å²) >= 11 is 0. The Morgan fingerprint density at radius 3 is 1.52 bits per heavy atom. The summed E-state index contributed by atoms with van der Waals surface area (Å²) in [6.07, 6.45) is 52.7. The Kier molecular flexibility index (Phi) is 41.8. The first-order chi connectivity index (χ1) is 28.2. The maximum atomic E-state index is 9.35. The quantitative estimate of drug-likeness (QED) is 0.0285. The number of allylic oxidation sites excluding steroid dienone is 10. The van der Waals surface area contributed by atoms with Crippen LogP contribution in [-0.2, 0) is 17.7 Å². The lowest BCUT2D eigenvalue weighted by Gasteiger charge is -2.35. The third kappa shape index (κ3) is 41.6. The molecule has 1 atom stereocenters. The SMILES string of the molecule is CC/C=C\C/C=C\C/C=C\C/C=C\C/C=C\CCCCN(CCCCO)CCCCCCOC(CCCCCCC)O[Si](C)(C)O[Si](C)(C)OCCCCCCCC. The van der Waals surface area contributed by atoms with E-state index in [0.29, 0.717) is 6.61 Å². The van der Waals surface area contributed by atoms with Gasteiger partial charge in [-0.3, -0.25) is 0 Å². The summed E-state index contributed by atoms with van der Waals surface area (Å²) in [6, 6.07) is 0. The number of rotatable bonds is 44. The van der Waals surface area contributed by atoms with Crippen LogP contribution in [0.25, 0.3) is 0 Å². The number of hydrogen-bond donors (Lipinski definition) is 1. The van der Waals surface area contributed by atoms with Crippen LogP contribution in [0.1, 0.15) is 188 Å². The van der Waals surface area contributed by atoms with Gasteiger partial charge in [-0.05, 0) is 142 Å². The van der Waals surface area contributed by atoms with Gasteiger partial charge in [0.15, 0.2) is 0 Å². The van der Waals surface area contributed by atoms with E-state index in [4.69, 9.17) is 17.7 Å². The van der Waals surface area contributed by atoms with Crippen LogP contribution in [-0.4, -0.2) is 72.9 Å². The molecule has 0 fully saturated rings. The smallest absolute Gasteiger partial charge is 0.324 e. The molecule has 0 rings (SSSR count). The van der Waals surface area contributed by atoms with Crippen molar-refractivity contribution in [3.63, 3.8) is 0 Å². The molecule has 1 unspecified atom stereocenters. The van der Waals surface area contributed by atoms with Crippen LogP contribution < -0.4 is 0 Å². The molecule has 0 aliphatic rings. The summed E-state index contributed by atoms with van der Waals surface area (Å²) < 4.78 is 26.1. The van der Waals surface area contributed by atoms with Gasteiger partial charge in [-0.1, -0.05) is 152 Å². The number of aliphatic hydroxyl groups is 1. The fourth-order valence-corrected chi connectivity index (χ4v) is 13.6. The molecule has 0 radical (unpaired) electrons. The number of unbranched alkanes of at least 4 members (excludes halogenated alkanes) is 15. The van der Waals surface area contributed by atoms with Crippen LogP contribution in [0, 0.1) is 0 Å². The molecule has 0 aromatic heterocycles. The second-order valence-electron chi connectivity index (χ2n) is 17.0. The van der Waals surface area contributed by atoms with Gasteiger partial charge in [0.25, 0.3) is 0 Å². The summed E-state index contributed by atoms with van der Waals surface area (Å²) in [5, 5.41) is 9.35. The van der Waals surface area contributed by atoms with Gasteiger partial charge >= 0.3 is 17.1 Å². The van der Waals surface area contributed by atoms with Gasteiger partial charge < -0.3 is 27.7 Å². The van der Waals surface area contributed by atoms with E-state index in [1.54, 1.807) is 0 Å². The molecule has 340 valence electrons. The Morgan fingerprint density at radius 2 is 0.948 bits per heavy atom. The number of nitrogens with zero attached hydrogens (tertiary/aromatic N) is 1. The summed E-state index contributed by atoms with van der Waals surface area (Å²) in [4.78, 5) is 2.63. The molecule has 0 spiro atoms. The molecule has 0 amide bonds. The molecule has 1 N–H and O–H groups in total. The van der Waals surface area contributed by atoms with E-state index >= 15 is 0 Å². The van der Waals surface area contributed by atoms with E-state index < -0.39 is 17.1 Å². The molecule has 0 saturated heterocycles. The molecular formula is C50H97NO5Si2. The summed E-state index contributed by atoms with van der Waals surface area (Å²) in [5.74, 6) is 0. The molecule has 6 nitrogen and oxygen atoms in total. The Balaban J connectivity index is 4.51. The van der Waals surface area contributed by atoms with Crippen molar-refractivity contribution < 1.29 is 22.8 Å². The van der Waals surface area contributed by atoms with Crippen LogP contribution in [0.3, 0.4) is 0 Å². The van der Waals surface area contributed by atoms with E-state index in [1.165, 1.54) is 89.9 Å². The monoisotopic (exact) mass is 848 g/mol. The Labute approximate surface area is 363 Å². The normalized spacial score (nSPS) is 13.7. The highest BCUT2D eigenvalue weighted by Gasteiger charge is 2.38. The molecule has 8 heteroatoms. The van der Waals surface area contributed by atoms with Crippen molar-refractivity contribution in [2.24, 2.45) is 0 Å². The second-order valence-corrected chi connectivity index (χ2v) is 24.0. The first-order valence-electron chi connectivity index (χ1n) is 24.4. The van der Waals surface area contributed by atoms with Gasteiger partial charge in [-0.2, -0.15) is 0 Å². The van der Waals surface area contributed by atoms with Gasteiger partial charge in [0.1, 0.15) is 6.29 Å². The van der Waals surface area contributed by atoms with Crippen LogP contribution in [0.5, 0.6) is 0 Å². The molecular weight excluding hydrogens is 751 g/mol. The highest BCUT2D eigenvalue weighted by molar-refractivity contribution is 6.78. The zero-order valence-corrected chi connectivity index (χ0v) is 41.5. The van der Waals surface area contributed by atoms with Gasteiger partial charge in [0.2, 0.25) is 0 Å². The highest BCUT2D eigenvalue weighted by Crippen LogP contribution is 2.22. The summed E-state index contributed by atoms with van der Waals surface area (Å²) in [5.41, 5.74) is 0. The van der Waals surface area contributed by atoms with Crippen molar-refractivity contribution in [2.45, 2.75) is 220 Å². The van der Waals surface area contributed by atoms with E-state index in [-0.39, 0.29) is 6.29 Å². The van der Waals surface area contributed by atoms with Gasteiger partial charge in [-0.25, -0.2) is 0 Å². The molecule has 58 heavy (non-hydrogen) atoms. The zero-order chi connectivity index (χ0) is 42.7. The van der Waals surface area contributed by atoms with Gasteiger partial charge in [0.05, 0.1) is 0 Å². The lowest BCUT2D eigenvalue weighted by molar-refractivity contribution is -0.101. The van der Waals surface area contributed by atoms with Crippen molar-refractivity contribution >= 4 is 17.1 Å². The second kappa shape index (κ2) is 42.6. The van der Waals surface area contributed by atoms with Crippen LogP contribution in [0.15, 0.2) is 60.8 Å². The van der Waals surface area contributed by atoms with Crippen LogP contribution >= 0.6 is 0 Å². The number of aliphatic hydroxyl groups excluding tert-OH is 1. The highest BCUT2D eigenvalue weighted by atomic mass is 28.5. The average Bonchev–Trinajstić information content (AvgIpc) is 3.18. The standard InChI is InChI=1S/C50H97NO5Si2/c1-8-11-14-17-19-20-21-22-23-24-25-26-27-28-29-30-32-37-44-51(46-39-40-47-52)45-38-33-35-41-48-53-50(43-36-31-16-13-10-3)55-58(6,7)56-57(4,5)54-49-42-34-18-15-12-9-2/h11,14,19-20,22-23,25-26,28-29,50,52H,8-10,12-13,15-18,21,24,27,30-49H2,1-7H3/b14-11-,20-19-,23-22-,26-25-,29-28-. The molecule has 0 heterocycles. The molecule has 0 saturated carbocycles. The maximum Gasteiger partial charge on any atom is 0.324 e. The van der Waals surface area contributed by atoms with E-state index in [1.807, 2.05) is 0 Å². The first-order valence-corrected chi connectivity index (χ1v) is 30.0. The van der Waals surface area contributed by atoms with Crippen molar-refractivity contribution in [3.8, 4) is 0 Å². The number of hydrogen-bond acceptors (Lipinski definition) is 6. The van der Waals surface area contributed by atoms with Crippen LogP contribution in [0.2, 0.25) is 26.2 Å². The first kappa shape index (κ1) is 56.9. The van der Waals surface area contributed by atoms with Crippen LogP contribution in [0.4, 0.5) is 0 Å². The zero-order valence-electron chi connectivity index (χ0n) is 39.5. The Bertz CT molecular complexity index is 1010. The van der Waals surface area contributed by atoms with E-state index in [2.05, 4.69) is 113 Å². The van der Waals surface area contributed by atoms with Gasteiger partial charge in [-0.15, -0.1) is 0 Å². The van der Waals surface area contributed by atoms with Crippen molar-refractivity contribution in [1.82, 2.24) is 4.90 Å². The minimum Gasteiger partial charge on any atom is -0.415 e.